The predicted octanol–water partition coefficient (Wildman–Crippen LogP) is 3.25. The van der Waals surface area contributed by atoms with Crippen molar-refractivity contribution >= 4 is 5.69 Å². The number of nitrogens with zero attached hydrogens (tertiary/aromatic N) is 1. The van der Waals surface area contributed by atoms with E-state index in [2.05, 4.69) is 0 Å². The molecule has 0 radical (unpaired) electrons. The molecule has 1 unspecified atom stereocenters. The van der Waals surface area contributed by atoms with Crippen LogP contribution in [-0.4, -0.2) is 13.1 Å². The molecular formula is C16H21FN2O. The summed E-state index contributed by atoms with van der Waals surface area (Å²) in [4.78, 5) is 1.87. The van der Waals surface area contributed by atoms with Crippen LogP contribution in [0.25, 0.3) is 0 Å². The molecule has 1 aromatic heterocycles. The molecule has 0 saturated heterocycles. The van der Waals surface area contributed by atoms with Crippen molar-refractivity contribution in [1.82, 2.24) is 0 Å². The largest absolute Gasteiger partial charge is 0.464 e. The van der Waals surface area contributed by atoms with Crippen molar-refractivity contribution < 1.29 is 8.81 Å². The molecule has 0 amide bonds. The Hall–Kier alpha value is -1.81. The van der Waals surface area contributed by atoms with Gasteiger partial charge in [0.05, 0.1) is 12.2 Å². The summed E-state index contributed by atoms with van der Waals surface area (Å²) < 4.78 is 19.7. The van der Waals surface area contributed by atoms with Gasteiger partial charge in [-0.25, -0.2) is 4.39 Å². The molecule has 108 valence electrons. The van der Waals surface area contributed by atoms with Crippen LogP contribution in [0.2, 0.25) is 0 Å². The lowest BCUT2D eigenvalue weighted by molar-refractivity contribution is 0.480. The maximum atomic E-state index is 14.1. The molecule has 2 aromatic rings. The van der Waals surface area contributed by atoms with Gasteiger partial charge in [-0.15, -0.1) is 0 Å². The summed E-state index contributed by atoms with van der Waals surface area (Å²) in [5, 5.41) is 0. The van der Waals surface area contributed by atoms with Gasteiger partial charge in [-0.3, -0.25) is 0 Å². The summed E-state index contributed by atoms with van der Waals surface area (Å²) in [7, 11) is 1.86. The molecule has 0 bridgehead atoms. The van der Waals surface area contributed by atoms with E-state index in [0.717, 1.165) is 17.1 Å². The second-order valence-electron chi connectivity index (χ2n) is 5.30. The molecule has 0 fully saturated rings. The fourth-order valence-electron chi connectivity index (χ4n) is 2.38. The van der Waals surface area contributed by atoms with E-state index in [9.17, 15) is 4.39 Å². The first kappa shape index (κ1) is 14.6. The first-order valence-corrected chi connectivity index (χ1v) is 6.77. The molecule has 2 N–H and O–H groups in total. The zero-order chi connectivity index (χ0) is 14.7. The minimum atomic E-state index is -0.228. The summed E-state index contributed by atoms with van der Waals surface area (Å²) in [6.45, 7) is 4.35. The van der Waals surface area contributed by atoms with E-state index in [0.29, 0.717) is 18.7 Å². The summed E-state index contributed by atoms with van der Waals surface area (Å²) in [6.07, 6.45) is 0.647. The van der Waals surface area contributed by atoms with Gasteiger partial charge in [-0.2, -0.15) is 0 Å². The molecule has 0 saturated carbocycles. The molecule has 0 aliphatic heterocycles. The predicted molar refractivity (Wildman–Crippen MR) is 79.3 cm³/mol. The third-order valence-electron chi connectivity index (χ3n) is 3.18. The van der Waals surface area contributed by atoms with Crippen LogP contribution in [0.15, 0.2) is 34.7 Å². The van der Waals surface area contributed by atoms with E-state index in [1.807, 2.05) is 44.0 Å². The number of halogens is 1. The molecule has 1 aromatic carbocycles. The third kappa shape index (κ3) is 3.39. The average molecular weight is 276 g/mol. The molecule has 4 heteroatoms. The highest BCUT2D eigenvalue weighted by atomic mass is 19.1. The standard InChI is InChI=1S/C16H21FN2O/c1-11(18)9-13-5-4-6-15(17)16(13)19(3)10-14-8-7-12(2)20-14/h4-8,11H,9-10,18H2,1-3H3. The van der Waals surface area contributed by atoms with Crippen LogP contribution < -0.4 is 10.6 Å². The lowest BCUT2D eigenvalue weighted by atomic mass is 10.0. The van der Waals surface area contributed by atoms with Crippen LogP contribution in [-0.2, 0) is 13.0 Å². The molecular weight excluding hydrogens is 255 g/mol. The molecule has 20 heavy (non-hydrogen) atoms. The topological polar surface area (TPSA) is 42.4 Å². The van der Waals surface area contributed by atoms with Crippen LogP contribution in [0.5, 0.6) is 0 Å². The van der Waals surface area contributed by atoms with Gasteiger partial charge in [0, 0.05) is 13.1 Å². The third-order valence-corrected chi connectivity index (χ3v) is 3.18. The van der Waals surface area contributed by atoms with Gasteiger partial charge in [-0.1, -0.05) is 12.1 Å². The number of furan rings is 1. The highest BCUT2D eigenvalue weighted by Crippen LogP contribution is 2.26. The van der Waals surface area contributed by atoms with Gasteiger partial charge < -0.3 is 15.1 Å². The summed E-state index contributed by atoms with van der Waals surface area (Å²) in [5.41, 5.74) is 7.36. The second-order valence-corrected chi connectivity index (χ2v) is 5.30. The Morgan fingerprint density at radius 3 is 2.65 bits per heavy atom. The monoisotopic (exact) mass is 276 g/mol. The van der Waals surface area contributed by atoms with E-state index >= 15 is 0 Å². The molecule has 0 aliphatic rings. The molecule has 0 spiro atoms. The minimum absolute atomic E-state index is 0.00481. The lowest BCUT2D eigenvalue weighted by Gasteiger charge is -2.23. The van der Waals surface area contributed by atoms with E-state index in [4.69, 9.17) is 10.2 Å². The van der Waals surface area contributed by atoms with Crippen molar-refractivity contribution in [3.8, 4) is 0 Å². The van der Waals surface area contributed by atoms with Crippen molar-refractivity contribution in [2.75, 3.05) is 11.9 Å². The SMILES string of the molecule is Cc1ccc(CN(C)c2c(F)cccc2CC(C)N)o1. The average Bonchev–Trinajstić information content (AvgIpc) is 2.73. The van der Waals surface area contributed by atoms with Gasteiger partial charge >= 0.3 is 0 Å². The molecule has 1 atom stereocenters. The smallest absolute Gasteiger partial charge is 0.146 e. The minimum Gasteiger partial charge on any atom is -0.464 e. The van der Waals surface area contributed by atoms with E-state index in [-0.39, 0.29) is 11.9 Å². The number of aryl methyl sites for hydroxylation is 1. The highest BCUT2D eigenvalue weighted by Gasteiger charge is 2.15. The van der Waals surface area contributed by atoms with Gasteiger partial charge in [0.15, 0.2) is 0 Å². The van der Waals surface area contributed by atoms with Crippen molar-refractivity contribution in [3.05, 3.63) is 53.2 Å². The summed E-state index contributed by atoms with van der Waals surface area (Å²) in [6, 6.07) is 8.94. The van der Waals surface area contributed by atoms with Crippen LogP contribution in [0.1, 0.15) is 24.0 Å². The number of hydrogen-bond donors (Lipinski definition) is 1. The van der Waals surface area contributed by atoms with Crippen molar-refractivity contribution in [2.24, 2.45) is 5.73 Å². The van der Waals surface area contributed by atoms with Crippen molar-refractivity contribution in [1.29, 1.82) is 0 Å². The Bertz CT molecular complexity index is 578. The van der Waals surface area contributed by atoms with Gasteiger partial charge in [-0.05, 0) is 44.0 Å². The van der Waals surface area contributed by atoms with Gasteiger partial charge in [0.25, 0.3) is 0 Å². The number of rotatable bonds is 5. The van der Waals surface area contributed by atoms with E-state index < -0.39 is 0 Å². The quantitative estimate of drug-likeness (QED) is 0.911. The zero-order valence-corrected chi connectivity index (χ0v) is 12.2. The maximum Gasteiger partial charge on any atom is 0.146 e. The molecule has 3 nitrogen and oxygen atoms in total. The Morgan fingerprint density at radius 2 is 2.05 bits per heavy atom. The lowest BCUT2D eigenvalue weighted by Crippen LogP contribution is -2.23. The Kier molecular flexibility index (Phi) is 4.45. The molecule has 0 aliphatic carbocycles. The van der Waals surface area contributed by atoms with Crippen LogP contribution >= 0.6 is 0 Å². The van der Waals surface area contributed by atoms with Crippen LogP contribution in [0, 0.1) is 12.7 Å². The fraction of sp³-hybridized carbons (Fsp3) is 0.375. The van der Waals surface area contributed by atoms with Crippen LogP contribution in [0.4, 0.5) is 10.1 Å². The van der Waals surface area contributed by atoms with Crippen molar-refractivity contribution in [3.63, 3.8) is 0 Å². The summed E-state index contributed by atoms with van der Waals surface area (Å²) in [5.74, 6) is 1.45. The zero-order valence-electron chi connectivity index (χ0n) is 12.2. The van der Waals surface area contributed by atoms with E-state index in [1.54, 1.807) is 6.07 Å². The number of anilines is 1. The Labute approximate surface area is 119 Å². The molecule has 1 heterocycles. The number of benzene rings is 1. The van der Waals surface area contributed by atoms with Gasteiger partial charge in [0.2, 0.25) is 0 Å². The maximum absolute atomic E-state index is 14.1. The number of nitrogens with two attached hydrogens (primary N) is 1. The fourth-order valence-corrected chi connectivity index (χ4v) is 2.38. The number of para-hydroxylation sites is 1. The molecule has 2 rings (SSSR count). The Balaban J connectivity index is 2.25. The first-order chi connectivity index (χ1) is 9.47. The number of hydrogen-bond acceptors (Lipinski definition) is 3. The first-order valence-electron chi connectivity index (χ1n) is 6.77. The van der Waals surface area contributed by atoms with Crippen LogP contribution in [0.3, 0.4) is 0 Å². The second kappa shape index (κ2) is 6.09. The van der Waals surface area contributed by atoms with Crippen molar-refractivity contribution in [2.45, 2.75) is 32.9 Å². The van der Waals surface area contributed by atoms with E-state index in [1.165, 1.54) is 6.07 Å². The Morgan fingerprint density at radius 1 is 1.30 bits per heavy atom. The normalized spacial score (nSPS) is 12.4. The summed E-state index contributed by atoms with van der Waals surface area (Å²) >= 11 is 0. The van der Waals surface area contributed by atoms with Gasteiger partial charge in [0.1, 0.15) is 17.3 Å². The highest BCUT2D eigenvalue weighted by molar-refractivity contribution is 5.54.